The molecule has 0 radical (unpaired) electrons. The van der Waals surface area contributed by atoms with Crippen LogP contribution in [0.25, 0.3) is 0 Å². The van der Waals surface area contributed by atoms with Gasteiger partial charge in [0.15, 0.2) is 0 Å². The molecule has 3 nitrogen and oxygen atoms in total. The topological polar surface area (TPSA) is 38.3 Å². The molecule has 0 bridgehead atoms. The van der Waals surface area contributed by atoms with Gasteiger partial charge >= 0.3 is 5.97 Å². The van der Waals surface area contributed by atoms with Crippen LogP contribution in [0.15, 0.2) is 12.1 Å². The molecule has 0 spiro atoms. The van der Waals surface area contributed by atoms with E-state index in [0.717, 1.165) is 0 Å². The zero-order valence-corrected chi connectivity index (χ0v) is 13.4. The molecule has 1 atom stereocenters. The van der Waals surface area contributed by atoms with Gasteiger partial charge in [-0.3, -0.25) is 4.79 Å². The lowest BCUT2D eigenvalue weighted by molar-refractivity contribution is -0.153. The molecule has 1 rings (SSSR count). The maximum absolute atomic E-state index is 13.4. The molecule has 112 valence electrons. The van der Waals surface area contributed by atoms with Crippen molar-refractivity contribution >= 4 is 29.2 Å². The first-order chi connectivity index (χ1) is 9.10. The van der Waals surface area contributed by atoms with Gasteiger partial charge in [-0.1, -0.05) is 23.2 Å². The fourth-order valence-corrected chi connectivity index (χ4v) is 2.14. The van der Waals surface area contributed by atoms with Gasteiger partial charge in [0.2, 0.25) is 0 Å². The van der Waals surface area contributed by atoms with E-state index in [1.807, 2.05) is 0 Å². The van der Waals surface area contributed by atoms with Gasteiger partial charge in [0, 0.05) is 11.1 Å². The Morgan fingerprint density at radius 2 is 1.95 bits per heavy atom. The number of hydrogen-bond acceptors (Lipinski definition) is 3. The van der Waals surface area contributed by atoms with E-state index in [-0.39, 0.29) is 23.6 Å². The Bertz CT molecular complexity index is 501. The summed E-state index contributed by atoms with van der Waals surface area (Å²) in [6, 6.07) is 2.30. The molecule has 1 N–H and O–H groups in total. The van der Waals surface area contributed by atoms with E-state index in [1.165, 1.54) is 12.1 Å². The van der Waals surface area contributed by atoms with Gasteiger partial charge in [0.05, 0.1) is 11.6 Å². The summed E-state index contributed by atoms with van der Waals surface area (Å²) in [5, 5.41) is 3.26. The Hall–Kier alpha value is -0.840. The number of esters is 1. The summed E-state index contributed by atoms with van der Waals surface area (Å²) in [6.07, 6.45) is 0. The second kappa shape index (κ2) is 6.74. The molecular formula is C14H18Cl2FNO2. The highest BCUT2D eigenvalue weighted by Crippen LogP contribution is 2.28. The number of hydrogen-bond donors (Lipinski definition) is 1. The van der Waals surface area contributed by atoms with Crippen LogP contribution >= 0.6 is 23.2 Å². The largest absolute Gasteiger partial charge is 0.459 e. The highest BCUT2D eigenvalue weighted by molar-refractivity contribution is 6.35. The maximum atomic E-state index is 13.4. The third kappa shape index (κ3) is 5.27. The third-order valence-corrected chi connectivity index (χ3v) is 3.10. The van der Waals surface area contributed by atoms with E-state index in [4.69, 9.17) is 27.9 Å². The lowest BCUT2D eigenvalue weighted by Crippen LogP contribution is -2.32. The first-order valence-electron chi connectivity index (χ1n) is 6.20. The molecule has 6 heteroatoms. The number of ether oxygens (including phenoxy) is 1. The Morgan fingerprint density at radius 3 is 2.50 bits per heavy atom. The molecule has 1 aromatic rings. The molecule has 0 amide bonds. The number of rotatable bonds is 4. The van der Waals surface area contributed by atoms with Crippen molar-refractivity contribution in [1.29, 1.82) is 0 Å². The van der Waals surface area contributed by atoms with E-state index in [0.29, 0.717) is 10.6 Å². The van der Waals surface area contributed by atoms with Crippen molar-refractivity contribution in [2.24, 2.45) is 0 Å². The van der Waals surface area contributed by atoms with Crippen LogP contribution in [-0.2, 0) is 9.53 Å². The van der Waals surface area contributed by atoms with Gasteiger partial charge in [0.1, 0.15) is 11.4 Å². The summed E-state index contributed by atoms with van der Waals surface area (Å²) in [5.41, 5.74) is 0.00332. The predicted molar refractivity (Wildman–Crippen MR) is 78.7 cm³/mol. The van der Waals surface area contributed by atoms with Crippen LogP contribution in [0.1, 0.15) is 39.3 Å². The van der Waals surface area contributed by atoms with Gasteiger partial charge in [-0.15, -0.1) is 0 Å². The van der Waals surface area contributed by atoms with Crippen molar-refractivity contribution in [2.45, 2.75) is 39.3 Å². The van der Waals surface area contributed by atoms with Gasteiger partial charge in [-0.05, 0) is 45.4 Å². The Morgan fingerprint density at radius 1 is 1.35 bits per heavy atom. The Balaban J connectivity index is 2.66. The Labute approximate surface area is 128 Å². The number of benzene rings is 1. The lowest BCUT2D eigenvalue weighted by Gasteiger charge is -2.21. The zero-order chi connectivity index (χ0) is 15.5. The minimum atomic E-state index is -0.544. The molecule has 0 fully saturated rings. The van der Waals surface area contributed by atoms with E-state index in [2.05, 4.69) is 5.32 Å². The highest BCUT2D eigenvalue weighted by atomic mass is 35.5. The normalized spacial score (nSPS) is 13.2. The molecular weight excluding hydrogens is 304 g/mol. The molecule has 0 aliphatic rings. The zero-order valence-electron chi connectivity index (χ0n) is 11.9. The first kappa shape index (κ1) is 17.2. The monoisotopic (exact) mass is 321 g/mol. The van der Waals surface area contributed by atoms with Gasteiger partial charge in [-0.25, -0.2) is 4.39 Å². The summed E-state index contributed by atoms with van der Waals surface area (Å²) < 4.78 is 18.6. The molecule has 1 aromatic carbocycles. The first-order valence-corrected chi connectivity index (χ1v) is 6.95. The summed E-state index contributed by atoms with van der Waals surface area (Å²) in [5.74, 6) is -0.924. The molecule has 0 aliphatic heterocycles. The fourth-order valence-electron chi connectivity index (χ4n) is 1.59. The molecule has 0 aromatic heterocycles. The van der Waals surface area contributed by atoms with E-state index in [1.54, 1.807) is 27.7 Å². The van der Waals surface area contributed by atoms with Crippen LogP contribution in [0.3, 0.4) is 0 Å². The molecule has 1 unspecified atom stereocenters. The van der Waals surface area contributed by atoms with Crippen LogP contribution in [0, 0.1) is 5.82 Å². The summed E-state index contributed by atoms with van der Waals surface area (Å²) in [7, 11) is 0. The van der Waals surface area contributed by atoms with Crippen molar-refractivity contribution in [1.82, 2.24) is 5.32 Å². The number of carbonyl (C=O) groups excluding carboxylic acids is 1. The van der Waals surface area contributed by atoms with Crippen molar-refractivity contribution in [3.05, 3.63) is 33.6 Å². The van der Waals surface area contributed by atoms with Crippen LogP contribution in [0.4, 0.5) is 4.39 Å². The van der Waals surface area contributed by atoms with Gasteiger partial charge in [-0.2, -0.15) is 0 Å². The van der Waals surface area contributed by atoms with Crippen molar-refractivity contribution in [2.75, 3.05) is 6.54 Å². The quantitative estimate of drug-likeness (QED) is 0.669. The van der Waals surface area contributed by atoms with Crippen molar-refractivity contribution < 1.29 is 13.9 Å². The van der Waals surface area contributed by atoms with Crippen LogP contribution in [0.5, 0.6) is 0 Å². The van der Waals surface area contributed by atoms with Crippen LogP contribution < -0.4 is 5.32 Å². The average molecular weight is 322 g/mol. The molecule has 0 aliphatic carbocycles. The number of halogens is 3. The van der Waals surface area contributed by atoms with Gasteiger partial charge in [0.25, 0.3) is 0 Å². The predicted octanol–water partition coefficient (Wildman–Crippen LogP) is 4.12. The summed E-state index contributed by atoms with van der Waals surface area (Å²) in [6.45, 7) is 7.16. The molecule has 0 heterocycles. The Kier molecular flexibility index (Phi) is 5.80. The molecule has 0 saturated heterocycles. The highest BCUT2D eigenvalue weighted by Gasteiger charge is 2.18. The van der Waals surface area contributed by atoms with Crippen LogP contribution in [0.2, 0.25) is 10.0 Å². The van der Waals surface area contributed by atoms with Crippen LogP contribution in [-0.4, -0.2) is 18.1 Å². The van der Waals surface area contributed by atoms with E-state index >= 15 is 0 Å². The number of nitrogens with one attached hydrogen (secondary N) is 1. The van der Waals surface area contributed by atoms with E-state index < -0.39 is 11.4 Å². The molecule has 0 saturated carbocycles. The average Bonchev–Trinajstić information content (AvgIpc) is 2.28. The maximum Gasteiger partial charge on any atom is 0.320 e. The minimum Gasteiger partial charge on any atom is -0.459 e. The third-order valence-electron chi connectivity index (χ3n) is 2.48. The fraction of sp³-hybridized carbons (Fsp3) is 0.500. The smallest absolute Gasteiger partial charge is 0.320 e. The summed E-state index contributed by atoms with van der Waals surface area (Å²) in [4.78, 5) is 11.6. The van der Waals surface area contributed by atoms with Crippen molar-refractivity contribution in [3.63, 3.8) is 0 Å². The lowest BCUT2D eigenvalue weighted by atomic mass is 10.1. The van der Waals surface area contributed by atoms with Crippen molar-refractivity contribution in [3.8, 4) is 0 Å². The molecule has 20 heavy (non-hydrogen) atoms. The second-order valence-corrected chi connectivity index (χ2v) is 6.29. The second-order valence-electron chi connectivity index (χ2n) is 5.48. The SMILES string of the molecule is CC(NCC(=O)OC(C)(C)C)c1cc(F)c(Cl)cc1Cl. The number of carbonyl (C=O) groups is 1. The van der Waals surface area contributed by atoms with E-state index in [9.17, 15) is 9.18 Å². The summed E-state index contributed by atoms with van der Waals surface area (Å²) >= 11 is 11.6. The minimum absolute atomic E-state index is 0.0129. The standard InChI is InChI=1S/C14H18Cl2FNO2/c1-8(18-7-13(19)20-14(2,3)4)9-5-12(17)11(16)6-10(9)15/h5-6,8,18H,7H2,1-4H3. The van der Waals surface area contributed by atoms with Gasteiger partial charge < -0.3 is 10.1 Å².